The van der Waals surface area contributed by atoms with Gasteiger partial charge in [0.1, 0.15) is 12.0 Å². The lowest BCUT2D eigenvalue weighted by atomic mass is 9.95. The summed E-state index contributed by atoms with van der Waals surface area (Å²) in [6.45, 7) is 7.51. The van der Waals surface area contributed by atoms with Gasteiger partial charge in [-0.25, -0.2) is 14.4 Å². The fourth-order valence-corrected chi connectivity index (χ4v) is 0.956. The van der Waals surface area contributed by atoms with Gasteiger partial charge < -0.3 is 0 Å². The average Bonchev–Trinajstić information content (AvgIpc) is 2.03. The molecule has 0 amide bonds. The van der Waals surface area contributed by atoms with E-state index in [0.29, 0.717) is 11.5 Å². The lowest BCUT2D eigenvalue weighted by Crippen LogP contribution is -2.16. The van der Waals surface area contributed by atoms with Gasteiger partial charge in [0.2, 0.25) is 0 Å². The van der Waals surface area contributed by atoms with Crippen LogP contribution in [0.25, 0.3) is 0 Å². The highest BCUT2D eigenvalue weighted by Crippen LogP contribution is 2.20. The van der Waals surface area contributed by atoms with Crippen molar-refractivity contribution < 1.29 is 4.39 Å². The van der Waals surface area contributed by atoms with E-state index in [9.17, 15) is 4.39 Å². The second kappa shape index (κ2) is 3.40. The largest absolute Gasteiger partial charge is 0.241 e. The van der Waals surface area contributed by atoms with Crippen LogP contribution in [0.2, 0.25) is 0 Å². The molecule has 0 aromatic carbocycles. The molecule has 0 aliphatic heterocycles. The van der Waals surface area contributed by atoms with Gasteiger partial charge in [0, 0.05) is 11.6 Å². The number of alkyl halides is 1. The van der Waals surface area contributed by atoms with Crippen LogP contribution in [0.1, 0.15) is 45.4 Å². The second-order valence-corrected chi connectivity index (χ2v) is 4.17. The van der Waals surface area contributed by atoms with Crippen LogP contribution in [0.4, 0.5) is 4.39 Å². The molecule has 0 saturated carbocycles. The van der Waals surface area contributed by atoms with Gasteiger partial charge in [-0.2, -0.15) is 0 Å². The van der Waals surface area contributed by atoms with E-state index in [4.69, 9.17) is 0 Å². The molecule has 0 spiro atoms. The molecule has 1 rings (SSSR count). The van der Waals surface area contributed by atoms with Crippen molar-refractivity contribution >= 4 is 0 Å². The minimum atomic E-state index is -1.02. The van der Waals surface area contributed by atoms with E-state index >= 15 is 0 Å². The molecule has 0 N–H and O–H groups in total. The number of halogens is 1. The summed E-state index contributed by atoms with van der Waals surface area (Å²) in [6, 6.07) is 1.61. The van der Waals surface area contributed by atoms with Crippen molar-refractivity contribution in [3.8, 4) is 0 Å². The summed E-state index contributed by atoms with van der Waals surface area (Å²) in [6.07, 6.45) is 0.586. The minimum Gasteiger partial charge on any atom is -0.241 e. The first-order valence-electron chi connectivity index (χ1n) is 4.39. The van der Waals surface area contributed by atoms with Crippen molar-refractivity contribution in [1.82, 2.24) is 9.97 Å². The maximum atomic E-state index is 12.9. The first-order valence-corrected chi connectivity index (χ1v) is 4.39. The van der Waals surface area contributed by atoms with Crippen molar-refractivity contribution in [3.05, 3.63) is 23.8 Å². The Morgan fingerprint density at radius 2 is 2.00 bits per heavy atom. The third kappa shape index (κ3) is 2.47. The summed E-state index contributed by atoms with van der Waals surface area (Å²) < 4.78 is 12.9. The highest BCUT2D eigenvalue weighted by atomic mass is 19.1. The van der Waals surface area contributed by atoms with Gasteiger partial charge in [-0.1, -0.05) is 20.8 Å². The smallest absolute Gasteiger partial charge is 0.139 e. The van der Waals surface area contributed by atoms with E-state index < -0.39 is 6.17 Å². The minimum absolute atomic E-state index is 0.120. The number of aromatic nitrogens is 2. The topological polar surface area (TPSA) is 25.8 Å². The second-order valence-electron chi connectivity index (χ2n) is 4.17. The molecule has 2 nitrogen and oxygen atoms in total. The van der Waals surface area contributed by atoms with Crippen LogP contribution in [-0.4, -0.2) is 9.97 Å². The monoisotopic (exact) mass is 182 g/mol. The van der Waals surface area contributed by atoms with Crippen LogP contribution in [0.5, 0.6) is 0 Å². The third-order valence-electron chi connectivity index (χ3n) is 1.76. The molecule has 0 aliphatic carbocycles. The summed E-state index contributed by atoms with van der Waals surface area (Å²) in [4.78, 5) is 8.27. The summed E-state index contributed by atoms with van der Waals surface area (Å²) in [5, 5.41) is 0. The number of rotatable bonds is 1. The molecule has 1 heterocycles. The summed E-state index contributed by atoms with van der Waals surface area (Å²) in [5.41, 5.74) is 0.338. The molecule has 72 valence electrons. The summed E-state index contributed by atoms with van der Waals surface area (Å²) in [5.74, 6) is 0.689. The predicted molar refractivity (Wildman–Crippen MR) is 50.3 cm³/mol. The molecule has 0 saturated heterocycles. The van der Waals surface area contributed by atoms with Crippen LogP contribution < -0.4 is 0 Å². The maximum absolute atomic E-state index is 12.9. The van der Waals surface area contributed by atoms with Gasteiger partial charge in [-0.3, -0.25) is 0 Å². The van der Waals surface area contributed by atoms with Crippen LogP contribution in [0.15, 0.2) is 12.3 Å². The lowest BCUT2D eigenvalue weighted by Gasteiger charge is -2.16. The molecule has 1 unspecified atom stereocenters. The fourth-order valence-electron chi connectivity index (χ4n) is 0.956. The Morgan fingerprint density at radius 1 is 1.38 bits per heavy atom. The van der Waals surface area contributed by atoms with Crippen molar-refractivity contribution in [2.45, 2.75) is 39.3 Å². The van der Waals surface area contributed by atoms with Crippen molar-refractivity contribution in [2.24, 2.45) is 0 Å². The molecule has 0 bridgehead atoms. The van der Waals surface area contributed by atoms with E-state index in [1.807, 2.05) is 20.8 Å². The Bertz CT molecular complexity index is 289. The average molecular weight is 182 g/mol. The molecule has 0 fully saturated rings. The molecule has 0 radical (unpaired) electrons. The highest BCUT2D eigenvalue weighted by Gasteiger charge is 2.18. The predicted octanol–water partition coefficient (Wildman–Crippen LogP) is 2.80. The number of hydrogen-bond donors (Lipinski definition) is 0. The van der Waals surface area contributed by atoms with Crippen molar-refractivity contribution in [3.63, 3.8) is 0 Å². The van der Waals surface area contributed by atoms with Crippen molar-refractivity contribution in [1.29, 1.82) is 0 Å². The number of nitrogens with zero attached hydrogens (tertiary/aromatic N) is 2. The summed E-state index contributed by atoms with van der Waals surface area (Å²) in [7, 11) is 0. The molecule has 1 atom stereocenters. The lowest BCUT2D eigenvalue weighted by molar-refractivity contribution is 0.362. The van der Waals surface area contributed by atoms with Gasteiger partial charge >= 0.3 is 0 Å². The Kier molecular flexibility index (Phi) is 2.64. The Hall–Kier alpha value is -0.990. The zero-order valence-corrected chi connectivity index (χ0v) is 8.50. The number of hydrogen-bond acceptors (Lipinski definition) is 2. The van der Waals surface area contributed by atoms with E-state index in [1.54, 1.807) is 12.3 Å². The zero-order chi connectivity index (χ0) is 10.1. The van der Waals surface area contributed by atoms with E-state index in [0.717, 1.165) is 0 Å². The quantitative estimate of drug-likeness (QED) is 0.667. The van der Waals surface area contributed by atoms with Gasteiger partial charge in [0.15, 0.2) is 0 Å². The molecular weight excluding hydrogens is 167 g/mol. The SMILES string of the molecule is CC(F)c1ccnc(C(C)(C)C)n1. The Morgan fingerprint density at radius 3 is 2.46 bits per heavy atom. The highest BCUT2D eigenvalue weighted by molar-refractivity contribution is 5.09. The first-order chi connectivity index (χ1) is 5.91. The van der Waals surface area contributed by atoms with E-state index in [2.05, 4.69) is 9.97 Å². The van der Waals surface area contributed by atoms with Crippen molar-refractivity contribution in [2.75, 3.05) is 0 Å². The van der Waals surface area contributed by atoms with Crippen LogP contribution in [0, 0.1) is 0 Å². The molecule has 0 aliphatic rings. The fraction of sp³-hybridized carbons (Fsp3) is 0.600. The van der Waals surface area contributed by atoms with E-state index in [1.165, 1.54) is 6.92 Å². The van der Waals surface area contributed by atoms with Gasteiger partial charge in [0.05, 0.1) is 5.69 Å². The summed E-state index contributed by atoms with van der Waals surface area (Å²) >= 11 is 0. The molecule has 1 aromatic rings. The van der Waals surface area contributed by atoms with Gasteiger partial charge in [-0.05, 0) is 13.0 Å². The van der Waals surface area contributed by atoms with Crippen LogP contribution >= 0.6 is 0 Å². The maximum Gasteiger partial charge on any atom is 0.139 e. The zero-order valence-electron chi connectivity index (χ0n) is 8.50. The normalized spacial score (nSPS) is 14.2. The van der Waals surface area contributed by atoms with Crippen LogP contribution in [-0.2, 0) is 5.41 Å². The standard InChI is InChI=1S/C10H15FN2/c1-7(11)8-5-6-12-9(13-8)10(2,3)4/h5-7H,1-4H3. The molecule has 1 aromatic heterocycles. The van der Waals surface area contributed by atoms with Gasteiger partial charge in [0.25, 0.3) is 0 Å². The Labute approximate surface area is 78.2 Å². The third-order valence-corrected chi connectivity index (χ3v) is 1.76. The van der Waals surface area contributed by atoms with Crippen LogP contribution in [0.3, 0.4) is 0 Å². The Balaban J connectivity index is 3.06. The first kappa shape index (κ1) is 10.1. The van der Waals surface area contributed by atoms with E-state index in [-0.39, 0.29) is 5.41 Å². The molecule has 3 heteroatoms. The molecule has 13 heavy (non-hydrogen) atoms. The molecular formula is C10H15FN2. The van der Waals surface area contributed by atoms with Gasteiger partial charge in [-0.15, -0.1) is 0 Å².